The number of sulfonamides is 1. The minimum Gasteiger partial charge on any atom is -0.489 e. The quantitative estimate of drug-likeness (QED) is 0.458. The van der Waals surface area contributed by atoms with Gasteiger partial charge in [-0.05, 0) is 61.9 Å². The van der Waals surface area contributed by atoms with E-state index in [1.807, 2.05) is 25.1 Å². The number of amides is 1. The molecule has 2 aliphatic rings. The molecule has 8 nitrogen and oxygen atoms in total. The van der Waals surface area contributed by atoms with Crippen LogP contribution in [0.2, 0.25) is 0 Å². The number of nitrogens with zero attached hydrogens (tertiary/aromatic N) is 1. The molecule has 4 rings (SSSR count). The summed E-state index contributed by atoms with van der Waals surface area (Å²) in [6.45, 7) is 3.45. The molecule has 0 radical (unpaired) electrons. The second-order valence-electron chi connectivity index (χ2n) is 9.73. The van der Waals surface area contributed by atoms with Gasteiger partial charge in [-0.1, -0.05) is 18.2 Å². The van der Waals surface area contributed by atoms with Crippen LogP contribution in [-0.2, 0) is 14.8 Å². The van der Waals surface area contributed by atoms with Crippen molar-refractivity contribution >= 4 is 21.7 Å². The van der Waals surface area contributed by atoms with Gasteiger partial charge in [-0.15, -0.1) is 0 Å². The number of carbonyl (C=O) groups is 1. The molecule has 0 spiro atoms. The fourth-order valence-electron chi connectivity index (χ4n) is 4.38. The number of rotatable bonds is 9. The molecule has 2 aromatic rings. The van der Waals surface area contributed by atoms with E-state index < -0.39 is 33.9 Å². The molecule has 11 heteroatoms. The molecular weight excluding hydrogens is 492 g/mol. The number of anilines is 1. The Kier molecular flexibility index (Phi) is 7.51. The van der Waals surface area contributed by atoms with E-state index in [4.69, 9.17) is 9.84 Å². The van der Waals surface area contributed by atoms with Crippen LogP contribution in [0.5, 0.6) is 5.75 Å². The van der Waals surface area contributed by atoms with Crippen LogP contribution in [0.25, 0.3) is 0 Å². The molecule has 3 atom stereocenters. The molecule has 2 aliphatic carbocycles. The monoisotopic (exact) mass is 523 g/mol. The molecule has 2 saturated carbocycles. The number of aryl methyl sites for hydroxylation is 1. The Bertz CT molecular complexity index is 1210. The van der Waals surface area contributed by atoms with Crippen molar-refractivity contribution in [2.45, 2.75) is 75.0 Å². The summed E-state index contributed by atoms with van der Waals surface area (Å²) in [7, 11) is -4.21. The number of aliphatic hydroxyl groups is 1. The number of hydrogen-bond acceptors (Lipinski definition) is 7. The Balaban J connectivity index is 1.40. The summed E-state index contributed by atoms with van der Waals surface area (Å²) in [6, 6.07) is 9.64. The van der Waals surface area contributed by atoms with Gasteiger partial charge in [-0.2, -0.15) is 8.42 Å². The zero-order valence-electron chi connectivity index (χ0n) is 20.2. The van der Waals surface area contributed by atoms with Crippen LogP contribution in [-0.4, -0.2) is 49.1 Å². The first-order chi connectivity index (χ1) is 17.0. The highest BCUT2D eigenvalue weighted by atomic mass is 32.2. The number of hydrogen-bond donors (Lipinski definition) is 3. The van der Waals surface area contributed by atoms with Crippen molar-refractivity contribution in [3.05, 3.63) is 47.5 Å². The number of carbonyl (C=O) groups excluding carboxylic acids is 1. The van der Waals surface area contributed by atoms with Gasteiger partial charge in [-0.3, -0.25) is 4.79 Å². The summed E-state index contributed by atoms with van der Waals surface area (Å²) in [5, 5.41) is 11.7. The van der Waals surface area contributed by atoms with E-state index in [0.29, 0.717) is 25.0 Å². The summed E-state index contributed by atoms with van der Waals surface area (Å²) in [5.41, 5.74) is 1.79. The second kappa shape index (κ2) is 10.3. The molecule has 196 valence electrons. The van der Waals surface area contributed by atoms with Crippen molar-refractivity contribution in [3.8, 4) is 5.75 Å². The van der Waals surface area contributed by atoms with E-state index in [0.717, 1.165) is 11.1 Å². The number of alkyl halides is 2. The number of aliphatic hydroxyl groups excluding tert-OH is 1. The van der Waals surface area contributed by atoms with Crippen molar-refractivity contribution in [1.29, 1.82) is 0 Å². The fourth-order valence-corrected chi connectivity index (χ4v) is 5.37. The molecule has 3 N–H and O–H groups in total. The van der Waals surface area contributed by atoms with Gasteiger partial charge in [0, 0.05) is 25.3 Å². The first-order valence-corrected chi connectivity index (χ1v) is 13.5. The number of benzene rings is 1. The maximum atomic E-state index is 13.6. The lowest BCUT2D eigenvalue weighted by Crippen LogP contribution is -2.33. The highest BCUT2D eigenvalue weighted by molar-refractivity contribution is 7.90. The number of pyridine rings is 1. The third kappa shape index (κ3) is 6.31. The first kappa shape index (κ1) is 26.3. The molecule has 2 fully saturated rings. The molecule has 1 heterocycles. The van der Waals surface area contributed by atoms with Crippen LogP contribution in [0.1, 0.15) is 56.1 Å². The second-order valence-corrected chi connectivity index (χ2v) is 11.4. The molecule has 0 aliphatic heterocycles. The normalized spacial score (nSPS) is 22.5. The fraction of sp³-hybridized carbons (Fsp3) is 0.520. The van der Waals surface area contributed by atoms with Gasteiger partial charge in [0.1, 0.15) is 17.7 Å². The van der Waals surface area contributed by atoms with Crippen LogP contribution in [0.3, 0.4) is 0 Å². The van der Waals surface area contributed by atoms with Crippen molar-refractivity contribution in [1.82, 2.24) is 9.71 Å². The largest absolute Gasteiger partial charge is 0.489 e. The predicted octanol–water partition coefficient (Wildman–Crippen LogP) is 3.75. The van der Waals surface area contributed by atoms with Crippen molar-refractivity contribution in [2.24, 2.45) is 5.92 Å². The average molecular weight is 524 g/mol. The van der Waals surface area contributed by atoms with E-state index in [1.165, 1.54) is 12.1 Å². The lowest BCUT2D eigenvalue weighted by molar-refractivity contribution is -0.121. The summed E-state index contributed by atoms with van der Waals surface area (Å²) in [5.74, 6) is -3.20. The molecule has 1 aromatic heterocycles. The Morgan fingerprint density at radius 1 is 1.25 bits per heavy atom. The minimum atomic E-state index is -4.21. The molecule has 36 heavy (non-hydrogen) atoms. The zero-order chi connectivity index (χ0) is 26.1. The van der Waals surface area contributed by atoms with Crippen molar-refractivity contribution < 1.29 is 31.8 Å². The van der Waals surface area contributed by atoms with Crippen LogP contribution in [0.4, 0.5) is 14.6 Å². The highest BCUT2D eigenvalue weighted by Crippen LogP contribution is 2.45. The Morgan fingerprint density at radius 2 is 1.97 bits per heavy atom. The van der Waals surface area contributed by atoms with Crippen LogP contribution < -0.4 is 14.8 Å². The van der Waals surface area contributed by atoms with Gasteiger partial charge in [0.25, 0.3) is 10.0 Å². The molecule has 0 bridgehead atoms. The molecule has 3 unspecified atom stereocenters. The first-order valence-electron chi connectivity index (χ1n) is 12.0. The topological polar surface area (TPSA) is 118 Å². The van der Waals surface area contributed by atoms with Gasteiger partial charge in [-0.25, -0.2) is 18.5 Å². The Hall–Kier alpha value is -2.79. The standard InChI is InChI=1S/C25H31F2N3O5S/c1-15-6-7-18(17-8-10-25(26,27)11-9-17)20(12-15)35-21-13-19(21)24(32)30-36(33,34)23-5-3-4-22(29-23)28-16(2)14-31/h3-7,12,16-17,19,21,31H,8-11,13-14H2,1-2H3,(H,28,29)(H,30,32). The van der Waals surface area contributed by atoms with E-state index in [-0.39, 0.29) is 42.3 Å². The van der Waals surface area contributed by atoms with Gasteiger partial charge in [0.05, 0.1) is 12.5 Å². The Labute approximate surface area is 209 Å². The van der Waals surface area contributed by atoms with E-state index in [1.54, 1.807) is 13.0 Å². The zero-order valence-corrected chi connectivity index (χ0v) is 21.0. The number of halogens is 2. The molecule has 1 aromatic carbocycles. The summed E-state index contributed by atoms with van der Waals surface area (Å²) < 4.78 is 60.9. The maximum Gasteiger partial charge on any atom is 0.281 e. The van der Waals surface area contributed by atoms with Crippen LogP contribution in [0, 0.1) is 12.8 Å². The third-order valence-corrected chi connectivity index (χ3v) is 7.82. The van der Waals surface area contributed by atoms with Crippen molar-refractivity contribution in [3.63, 3.8) is 0 Å². The van der Waals surface area contributed by atoms with Crippen LogP contribution in [0.15, 0.2) is 41.4 Å². The molecular formula is C25H31F2N3O5S. The van der Waals surface area contributed by atoms with Gasteiger partial charge in [0.15, 0.2) is 5.03 Å². The summed E-state index contributed by atoms with van der Waals surface area (Å²) >= 11 is 0. The average Bonchev–Trinajstić information content (AvgIpc) is 3.59. The molecule has 0 saturated heterocycles. The number of nitrogens with one attached hydrogen (secondary N) is 2. The smallest absolute Gasteiger partial charge is 0.281 e. The SMILES string of the molecule is Cc1ccc(C2CCC(F)(F)CC2)c(OC2CC2C(=O)NS(=O)(=O)c2cccc(NC(C)CO)n2)c1. The van der Waals surface area contributed by atoms with Crippen molar-refractivity contribution in [2.75, 3.05) is 11.9 Å². The number of aromatic nitrogens is 1. The third-order valence-electron chi connectivity index (χ3n) is 6.57. The van der Waals surface area contributed by atoms with E-state index in [2.05, 4.69) is 15.0 Å². The van der Waals surface area contributed by atoms with Gasteiger partial charge in [0.2, 0.25) is 11.8 Å². The molecule has 1 amide bonds. The van der Waals surface area contributed by atoms with Crippen LogP contribution >= 0.6 is 0 Å². The van der Waals surface area contributed by atoms with Gasteiger partial charge >= 0.3 is 0 Å². The van der Waals surface area contributed by atoms with Gasteiger partial charge < -0.3 is 15.2 Å². The Morgan fingerprint density at radius 3 is 2.67 bits per heavy atom. The lowest BCUT2D eigenvalue weighted by Gasteiger charge is -2.29. The maximum absolute atomic E-state index is 13.6. The predicted molar refractivity (Wildman–Crippen MR) is 130 cm³/mol. The highest BCUT2D eigenvalue weighted by Gasteiger charge is 2.47. The summed E-state index contributed by atoms with van der Waals surface area (Å²) in [6.07, 6.45) is 0.230. The minimum absolute atomic E-state index is 0.0489. The van der Waals surface area contributed by atoms with E-state index >= 15 is 0 Å². The lowest BCUT2D eigenvalue weighted by atomic mass is 9.81. The van der Waals surface area contributed by atoms with E-state index in [9.17, 15) is 22.0 Å². The number of ether oxygens (including phenoxy) is 1. The summed E-state index contributed by atoms with van der Waals surface area (Å²) in [4.78, 5) is 16.7.